The van der Waals surface area contributed by atoms with Crippen LogP contribution in [-0.4, -0.2) is 21.6 Å². The fourth-order valence-electron chi connectivity index (χ4n) is 2.41. The maximum Gasteiger partial charge on any atom is 0.111 e. The molecule has 0 saturated carbocycles. The van der Waals surface area contributed by atoms with E-state index in [-0.39, 0.29) is 5.54 Å². The summed E-state index contributed by atoms with van der Waals surface area (Å²) in [7, 11) is 0. The van der Waals surface area contributed by atoms with Crippen LogP contribution in [0.25, 0.3) is 11.0 Å². The van der Waals surface area contributed by atoms with Gasteiger partial charge in [0.2, 0.25) is 0 Å². The number of aromatic nitrogens is 2. The molecule has 0 spiro atoms. The van der Waals surface area contributed by atoms with Gasteiger partial charge in [0.05, 0.1) is 11.0 Å². The fourth-order valence-corrected chi connectivity index (χ4v) is 2.80. The number of benzene rings is 1. The average molecular weight is 277 g/mol. The Labute approximate surface area is 119 Å². The van der Waals surface area contributed by atoms with E-state index in [4.69, 9.17) is 10.7 Å². The summed E-state index contributed by atoms with van der Waals surface area (Å²) in [5.74, 6) is 2.27. The van der Waals surface area contributed by atoms with Crippen molar-refractivity contribution >= 4 is 22.8 Å². The van der Waals surface area contributed by atoms with Gasteiger partial charge in [-0.15, -0.1) is 0 Å². The van der Waals surface area contributed by atoms with Gasteiger partial charge in [0.1, 0.15) is 5.82 Å². The molecule has 2 aromatic rings. The van der Waals surface area contributed by atoms with Crippen LogP contribution in [0.5, 0.6) is 0 Å². The third kappa shape index (κ3) is 2.95. The summed E-state index contributed by atoms with van der Waals surface area (Å²) in [4.78, 5) is 4.82. The highest BCUT2D eigenvalue weighted by Crippen LogP contribution is 2.26. The standard InChI is InChI=1S/C15H23N3S/c1-15(2,3)18-13-6-5-11(10-16)9-12(13)17-14(18)7-8-19-4/h5-6,9H,7-8,10,16H2,1-4H3. The predicted octanol–water partition coefficient (Wildman–Crippen LogP) is 3.16. The molecule has 2 N–H and O–H groups in total. The van der Waals surface area contributed by atoms with Gasteiger partial charge >= 0.3 is 0 Å². The van der Waals surface area contributed by atoms with E-state index < -0.39 is 0 Å². The number of hydrogen-bond donors (Lipinski definition) is 1. The summed E-state index contributed by atoms with van der Waals surface area (Å²) >= 11 is 1.86. The average Bonchev–Trinajstić information content (AvgIpc) is 2.72. The first kappa shape index (κ1) is 14.4. The molecule has 0 atom stereocenters. The largest absolute Gasteiger partial charge is 0.326 e. The van der Waals surface area contributed by atoms with Crippen LogP contribution >= 0.6 is 11.8 Å². The van der Waals surface area contributed by atoms with Crippen LogP contribution in [0.3, 0.4) is 0 Å². The van der Waals surface area contributed by atoms with Crippen molar-refractivity contribution < 1.29 is 0 Å². The Morgan fingerprint density at radius 2 is 2.05 bits per heavy atom. The van der Waals surface area contributed by atoms with Gasteiger partial charge in [0, 0.05) is 24.3 Å². The highest BCUT2D eigenvalue weighted by atomic mass is 32.2. The van der Waals surface area contributed by atoms with E-state index in [9.17, 15) is 0 Å². The second-order valence-corrected chi connectivity index (χ2v) is 6.79. The lowest BCUT2D eigenvalue weighted by Crippen LogP contribution is -2.24. The van der Waals surface area contributed by atoms with Crippen LogP contribution in [0.2, 0.25) is 0 Å². The molecule has 3 nitrogen and oxygen atoms in total. The third-order valence-electron chi connectivity index (χ3n) is 3.22. The maximum absolute atomic E-state index is 5.71. The molecule has 0 saturated heterocycles. The van der Waals surface area contributed by atoms with Gasteiger partial charge in [0.15, 0.2) is 0 Å². The number of fused-ring (bicyclic) bond motifs is 1. The number of imidazole rings is 1. The summed E-state index contributed by atoms with van der Waals surface area (Å²) in [5, 5.41) is 0. The van der Waals surface area contributed by atoms with Crippen molar-refractivity contribution in [1.82, 2.24) is 9.55 Å². The van der Waals surface area contributed by atoms with E-state index in [1.807, 2.05) is 11.8 Å². The van der Waals surface area contributed by atoms with Gasteiger partial charge in [-0.3, -0.25) is 0 Å². The van der Waals surface area contributed by atoms with Crippen LogP contribution in [0.15, 0.2) is 18.2 Å². The first-order chi connectivity index (χ1) is 8.97. The van der Waals surface area contributed by atoms with E-state index in [0.29, 0.717) is 6.54 Å². The lowest BCUT2D eigenvalue weighted by atomic mass is 10.1. The van der Waals surface area contributed by atoms with Gasteiger partial charge in [-0.25, -0.2) is 4.98 Å². The topological polar surface area (TPSA) is 43.8 Å². The molecule has 0 bridgehead atoms. The van der Waals surface area contributed by atoms with Gasteiger partial charge in [-0.2, -0.15) is 11.8 Å². The minimum Gasteiger partial charge on any atom is -0.326 e. The van der Waals surface area contributed by atoms with Crippen LogP contribution in [-0.2, 0) is 18.5 Å². The zero-order valence-corrected chi connectivity index (χ0v) is 13.0. The first-order valence-electron chi connectivity index (χ1n) is 6.67. The lowest BCUT2D eigenvalue weighted by molar-refractivity contribution is 0.395. The third-order valence-corrected chi connectivity index (χ3v) is 3.84. The molecule has 1 heterocycles. The van der Waals surface area contributed by atoms with Crippen LogP contribution < -0.4 is 5.73 Å². The molecule has 19 heavy (non-hydrogen) atoms. The molecule has 0 unspecified atom stereocenters. The van der Waals surface area contributed by atoms with Crippen molar-refractivity contribution in [2.24, 2.45) is 5.73 Å². The lowest BCUT2D eigenvalue weighted by Gasteiger charge is -2.24. The summed E-state index contributed by atoms with van der Waals surface area (Å²) < 4.78 is 2.36. The van der Waals surface area contributed by atoms with Crippen LogP contribution in [0.4, 0.5) is 0 Å². The zero-order chi connectivity index (χ0) is 14.0. The molecule has 1 aromatic heterocycles. The molecule has 0 aliphatic rings. The minimum atomic E-state index is 0.0483. The fraction of sp³-hybridized carbons (Fsp3) is 0.533. The molecule has 0 aliphatic heterocycles. The van der Waals surface area contributed by atoms with Crippen molar-refractivity contribution in [3.05, 3.63) is 29.6 Å². The predicted molar refractivity (Wildman–Crippen MR) is 84.7 cm³/mol. The Morgan fingerprint density at radius 1 is 1.32 bits per heavy atom. The molecule has 0 aliphatic carbocycles. The minimum absolute atomic E-state index is 0.0483. The Kier molecular flexibility index (Phi) is 4.21. The summed E-state index contributed by atoms with van der Waals surface area (Å²) in [6.45, 7) is 7.26. The van der Waals surface area contributed by atoms with Gasteiger partial charge in [0.25, 0.3) is 0 Å². The molecule has 0 radical (unpaired) electrons. The van der Waals surface area contributed by atoms with Crippen molar-refractivity contribution in [2.75, 3.05) is 12.0 Å². The van der Waals surface area contributed by atoms with Crippen molar-refractivity contribution in [1.29, 1.82) is 0 Å². The van der Waals surface area contributed by atoms with E-state index >= 15 is 0 Å². The van der Waals surface area contributed by atoms with Crippen LogP contribution in [0, 0.1) is 0 Å². The zero-order valence-electron chi connectivity index (χ0n) is 12.2. The normalized spacial score (nSPS) is 12.3. The first-order valence-corrected chi connectivity index (χ1v) is 8.06. The van der Waals surface area contributed by atoms with E-state index in [1.165, 1.54) is 11.3 Å². The quantitative estimate of drug-likeness (QED) is 0.933. The highest BCUT2D eigenvalue weighted by Gasteiger charge is 2.21. The number of nitrogens with two attached hydrogens (primary N) is 1. The maximum atomic E-state index is 5.71. The van der Waals surface area contributed by atoms with E-state index in [2.05, 4.69) is 49.8 Å². The summed E-state index contributed by atoms with van der Waals surface area (Å²) in [5.41, 5.74) is 9.18. The molecule has 0 amide bonds. The smallest absolute Gasteiger partial charge is 0.111 e. The van der Waals surface area contributed by atoms with E-state index in [1.54, 1.807) is 0 Å². The molecule has 0 fully saturated rings. The van der Waals surface area contributed by atoms with Crippen molar-refractivity contribution in [3.8, 4) is 0 Å². The number of thioether (sulfide) groups is 1. The summed E-state index contributed by atoms with van der Waals surface area (Å²) in [6.07, 6.45) is 3.14. The molecule has 104 valence electrons. The monoisotopic (exact) mass is 277 g/mol. The van der Waals surface area contributed by atoms with Gasteiger partial charge < -0.3 is 10.3 Å². The Hall–Kier alpha value is -1.00. The molecule has 2 rings (SSSR count). The molecule has 4 heteroatoms. The molecule has 1 aromatic carbocycles. The van der Waals surface area contributed by atoms with E-state index in [0.717, 1.165) is 23.3 Å². The molecular formula is C15H23N3S. The Morgan fingerprint density at radius 3 is 2.63 bits per heavy atom. The summed E-state index contributed by atoms with van der Waals surface area (Å²) in [6, 6.07) is 6.36. The highest BCUT2D eigenvalue weighted by molar-refractivity contribution is 7.98. The van der Waals surface area contributed by atoms with Crippen LogP contribution in [0.1, 0.15) is 32.2 Å². The van der Waals surface area contributed by atoms with Crippen molar-refractivity contribution in [2.45, 2.75) is 39.3 Å². The Bertz CT molecular complexity index is 567. The number of aryl methyl sites for hydroxylation is 1. The Balaban J connectivity index is 2.59. The number of nitrogens with zero attached hydrogens (tertiary/aromatic N) is 2. The van der Waals surface area contributed by atoms with Gasteiger partial charge in [-0.05, 0) is 44.7 Å². The number of hydrogen-bond acceptors (Lipinski definition) is 3. The number of rotatable bonds is 4. The van der Waals surface area contributed by atoms with Gasteiger partial charge in [-0.1, -0.05) is 6.07 Å². The molecular weight excluding hydrogens is 254 g/mol. The second-order valence-electron chi connectivity index (χ2n) is 5.80. The SMILES string of the molecule is CSCCc1nc2cc(CN)ccc2n1C(C)(C)C. The van der Waals surface area contributed by atoms with Crippen molar-refractivity contribution in [3.63, 3.8) is 0 Å². The second kappa shape index (κ2) is 5.55.